The first-order chi connectivity index (χ1) is 24.8. The van der Waals surface area contributed by atoms with Crippen molar-refractivity contribution >= 4 is 40.1 Å². The van der Waals surface area contributed by atoms with E-state index in [2.05, 4.69) is 16.7 Å². The minimum Gasteiger partial charge on any atom is -0.449 e. The van der Waals surface area contributed by atoms with Crippen LogP contribution in [0, 0.1) is 16.7 Å². The maximum Gasteiger partial charge on any atom is 0.410 e. The van der Waals surface area contributed by atoms with E-state index < -0.39 is 74.5 Å². The van der Waals surface area contributed by atoms with Gasteiger partial charge in [0.25, 0.3) is 0 Å². The molecule has 5 atom stereocenters. The number of carbonyl (C=O) groups is 5. The molecule has 3 aliphatic heterocycles. The number of amides is 4. The van der Waals surface area contributed by atoms with Crippen molar-refractivity contribution in [3.8, 4) is 0 Å². The number of benzene rings is 1. The number of nitrogens with one attached hydrogen (secondary N) is 2. The van der Waals surface area contributed by atoms with Crippen molar-refractivity contribution in [1.82, 2.24) is 20.4 Å². The summed E-state index contributed by atoms with van der Waals surface area (Å²) < 4.78 is 41.9. The molecule has 1 aromatic carbocycles. The summed E-state index contributed by atoms with van der Waals surface area (Å²) in [6.07, 6.45) is 2.64. The molecular formula is C38H54N4O10S. The third-order valence-corrected chi connectivity index (χ3v) is 13.1. The third kappa shape index (κ3) is 8.44. The maximum absolute atomic E-state index is 14.5. The fourth-order valence-electron chi connectivity index (χ4n) is 7.86. The van der Waals surface area contributed by atoms with E-state index in [9.17, 15) is 32.4 Å². The molecule has 1 unspecified atom stereocenters. The lowest BCUT2D eigenvalue weighted by Crippen LogP contribution is -2.59. The minimum absolute atomic E-state index is 0.0762. The van der Waals surface area contributed by atoms with Crippen LogP contribution >= 0.6 is 0 Å². The van der Waals surface area contributed by atoms with Gasteiger partial charge < -0.3 is 29.2 Å². The Hall–Kier alpha value is -3.88. The average molecular weight is 759 g/mol. The van der Waals surface area contributed by atoms with Crippen LogP contribution in [0.2, 0.25) is 0 Å². The lowest BCUT2D eigenvalue weighted by atomic mass is 9.85. The van der Waals surface area contributed by atoms with E-state index in [1.54, 1.807) is 25.7 Å². The second-order valence-corrected chi connectivity index (χ2v) is 19.2. The number of alkyl carbamates (subject to hydrolysis) is 1. The largest absolute Gasteiger partial charge is 0.449 e. The van der Waals surface area contributed by atoms with Crippen LogP contribution in [0.4, 0.5) is 9.59 Å². The standard InChI is InChI=1S/C38H54N4O10S/c1-7-25-18-38(25,33(45)52-53(48,49)27-14-15-27)40-31(43)29-17-26-20-42(29)32(44)30(36(2,3)4)39-34(46)50-22-37(5,6)16-9-8-11-23-12-10-13-24-19-41(21-28(23)24)35(47)51-26/h10,12-13,25-27,29-30H,7-9,11,14-22H2,1-6H3,(H,39,46)(H,40,43)/t25?,26-,29+,30-,38-/m1/s1. The monoisotopic (exact) mass is 758 g/mol. The molecule has 5 aliphatic rings. The Morgan fingerprint density at radius 3 is 2.45 bits per heavy atom. The SMILES string of the molecule is CCC1C[C@]1(NC(=O)[C@@H]1C[C@@H]2CN1C(=O)[C@H](C(C)(C)C)NC(=O)OCC(C)(C)CCCCc1cccc3c1CN(C3)C(=O)O2)C(=O)OS(=O)(=O)C1CC1. The van der Waals surface area contributed by atoms with Crippen molar-refractivity contribution in [2.45, 2.75) is 141 Å². The summed E-state index contributed by atoms with van der Waals surface area (Å²) in [6, 6.07) is 3.75. The summed E-state index contributed by atoms with van der Waals surface area (Å²) in [7, 11) is -4.13. The molecule has 1 aromatic rings. The zero-order chi connectivity index (χ0) is 38.5. The van der Waals surface area contributed by atoms with E-state index in [-0.39, 0.29) is 37.3 Å². The second-order valence-electron chi connectivity index (χ2n) is 17.4. The highest BCUT2D eigenvalue weighted by Gasteiger charge is 2.64. The number of nitrogens with zero attached hydrogens (tertiary/aromatic N) is 2. The zero-order valence-corrected chi connectivity index (χ0v) is 32.5. The molecule has 2 N–H and O–H groups in total. The molecule has 2 saturated carbocycles. The summed E-state index contributed by atoms with van der Waals surface area (Å²) in [5.74, 6) is -2.70. The van der Waals surface area contributed by atoms with Crippen molar-refractivity contribution < 1.29 is 46.0 Å². The van der Waals surface area contributed by atoms with Crippen LogP contribution in [0.5, 0.6) is 0 Å². The van der Waals surface area contributed by atoms with Gasteiger partial charge in [-0.2, -0.15) is 8.42 Å². The Balaban J connectivity index is 1.28. The van der Waals surface area contributed by atoms with Crippen LogP contribution in [0.1, 0.15) is 110 Å². The minimum atomic E-state index is -4.13. The number of cyclic esters (lactones) is 1. The number of rotatable bonds is 6. The van der Waals surface area contributed by atoms with Crippen LogP contribution < -0.4 is 10.6 Å². The predicted octanol–water partition coefficient (Wildman–Crippen LogP) is 4.32. The Morgan fingerprint density at radius 1 is 1.08 bits per heavy atom. The summed E-state index contributed by atoms with van der Waals surface area (Å²) in [4.78, 5) is 71.9. The highest BCUT2D eigenvalue weighted by molar-refractivity contribution is 7.88. The van der Waals surface area contributed by atoms with Crippen molar-refractivity contribution in [3.63, 3.8) is 0 Å². The summed E-state index contributed by atoms with van der Waals surface area (Å²) in [6.45, 7) is 12.0. The maximum atomic E-state index is 14.5. The van der Waals surface area contributed by atoms with Gasteiger partial charge in [0.15, 0.2) is 0 Å². The lowest BCUT2D eigenvalue weighted by Gasteiger charge is -2.35. The first kappa shape index (κ1) is 38.8. The fourth-order valence-corrected chi connectivity index (χ4v) is 9.07. The molecule has 0 radical (unpaired) electrons. The van der Waals surface area contributed by atoms with Gasteiger partial charge in [-0.05, 0) is 72.0 Å². The quantitative estimate of drug-likeness (QED) is 0.397. The molecule has 15 heteroatoms. The summed E-state index contributed by atoms with van der Waals surface area (Å²) in [5.41, 5.74) is 0.599. The molecule has 4 bridgehead atoms. The van der Waals surface area contributed by atoms with Crippen molar-refractivity contribution in [1.29, 1.82) is 0 Å². The van der Waals surface area contributed by atoms with Gasteiger partial charge in [0.2, 0.25) is 11.8 Å². The summed E-state index contributed by atoms with van der Waals surface area (Å²) in [5, 5.41) is 4.77. The Morgan fingerprint density at radius 2 is 1.79 bits per heavy atom. The number of aryl methyl sites for hydroxylation is 1. The zero-order valence-electron chi connectivity index (χ0n) is 31.7. The lowest BCUT2D eigenvalue weighted by molar-refractivity contribution is -0.145. The van der Waals surface area contributed by atoms with E-state index in [1.807, 2.05) is 32.9 Å². The van der Waals surface area contributed by atoms with Crippen LogP contribution in [-0.2, 0) is 57.7 Å². The Labute approximate surface area is 312 Å². The topological polar surface area (TPSA) is 178 Å². The Kier molecular flexibility index (Phi) is 10.6. The highest BCUT2D eigenvalue weighted by atomic mass is 32.2. The van der Waals surface area contributed by atoms with Crippen LogP contribution in [0.15, 0.2) is 18.2 Å². The first-order valence-corrected chi connectivity index (χ1v) is 20.4. The van der Waals surface area contributed by atoms with Crippen molar-refractivity contribution in [2.24, 2.45) is 16.7 Å². The van der Waals surface area contributed by atoms with Gasteiger partial charge >= 0.3 is 28.3 Å². The van der Waals surface area contributed by atoms with E-state index in [4.69, 9.17) is 13.7 Å². The van der Waals surface area contributed by atoms with Gasteiger partial charge in [0.05, 0.1) is 18.4 Å². The third-order valence-electron chi connectivity index (χ3n) is 11.4. The van der Waals surface area contributed by atoms with Crippen LogP contribution in [0.3, 0.4) is 0 Å². The molecule has 14 nitrogen and oxygen atoms in total. The summed E-state index contributed by atoms with van der Waals surface area (Å²) >= 11 is 0. The van der Waals surface area contributed by atoms with Crippen molar-refractivity contribution in [3.05, 3.63) is 34.9 Å². The fraction of sp³-hybridized carbons (Fsp3) is 0.711. The first-order valence-electron chi connectivity index (χ1n) is 18.9. The number of hydrogen-bond acceptors (Lipinski definition) is 10. The Bertz CT molecular complexity index is 1750. The molecule has 1 saturated heterocycles. The number of hydrogen-bond donors (Lipinski definition) is 2. The molecule has 292 valence electrons. The number of ether oxygens (including phenoxy) is 2. The molecule has 53 heavy (non-hydrogen) atoms. The smallest absolute Gasteiger partial charge is 0.410 e. The molecule has 6 rings (SSSR count). The molecule has 3 heterocycles. The van der Waals surface area contributed by atoms with E-state index in [1.165, 1.54) is 10.5 Å². The predicted molar refractivity (Wildman–Crippen MR) is 192 cm³/mol. The number of carbonyl (C=O) groups excluding carboxylic acids is 5. The van der Waals surface area contributed by atoms with Gasteiger partial charge in [-0.25, -0.2) is 14.4 Å². The van der Waals surface area contributed by atoms with Crippen molar-refractivity contribution in [2.75, 3.05) is 13.2 Å². The van der Waals surface area contributed by atoms with Gasteiger partial charge in [-0.3, -0.25) is 14.5 Å². The van der Waals surface area contributed by atoms with Crippen LogP contribution in [0.25, 0.3) is 0 Å². The average Bonchev–Trinajstić information content (AvgIpc) is 3.97. The molecule has 3 fully saturated rings. The van der Waals surface area contributed by atoms with Gasteiger partial charge in [-0.1, -0.05) is 72.6 Å². The van der Waals surface area contributed by atoms with Gasteiger partial charge in [-0.15, -0.1) is 0 Å². The van der Waals surface area contributed by atoms with E-state index in [0.29, 0.717) is 32.4 Å². The van der Waals surface area contributed by atoms with Crippen LogP contribution in [-0.4, -0.2) is 90.3 Å². The van der Waals surface area contributed by atoms with E-state index >= 15 is 0 Å². The molecule has 4 amide bonds. The van der Waals surface area contributed by atoms with E-state index in [0.717, 1.165) is 36.8 Å². The molecule has 0 aromatic heterocycles. The molecule has 0 spiro atoms. The van der Waals surface area contributed by atoms with Gasteiger partial charge in [0, 0.05) is 19.5 Å². The highest BCUT2D eigenvalue weighted by Crippen LogP contribution is 2.48. The van der Waals surface area contributed by atoms with Gasteiger partial charge in [0.1, 0.15) is 23.7 Å². The molecular weight excluding hydrogens is 705 g/mol. The number of fused-ring (bicyclic) bond motifs is 3. The normalized spacial score (nSPS) is 29.4. The second kappa shape index (κ2) is 14.4. The molecule has 2 aliphatic carbocycles.